The molecular weight excluding hydrogens is 1660 g/mol. The van der Waals surface area contributed by atoms with Crippen molar-refractivity contribution in [3.8, 4) is 46.0 Å². The van der Waals surface area contributed by atoms with Crippen LogP contribution in [0.5, 0.6) is 46.0 Å². The molecule has 9 aromatic carbocycles. The smallest absolute Gasteiger partial charge is 0.391 e. The van der Waals surface area contributed by atoms with E-state index in [1.165, 1.54) is 61.2 Å². The number of piperazine rings is 2. The number of hydrogen-bond donors (Lipinski definition) is 0. The van der Waals surface area contributed by atoms with E-state index in [9.17, 15) is 9.59 Å². The van der Waals surface area contributed by atoms with E-state index in [2.05, 4.69) is 9.97 Å². The van der Waals surface area contributed by atoms with Gasteiger partial charge in [-0.2, -0.15) is 26.3 Å². The van der Waals surface area contributed by atoms with Gasteiger partial charge >= 0.3 is 24.3 Å². The van der Waals surface area contributed by atoms with Crippen molar-refractivity contribution in [2.24, 2.45) is 0 Å². The number of halogens is 6. The number of epoxide rings is 2. The van der Waals surface area contributed by atoms with Gasteiger partial charge < -0.3 is 57.5 Å². The first-order chi connectivity index (χ1) is 60.5. The standard InChI is InChI=1S/C98H94F6N8O16/c1-93(2,3)55-13-21-61(22-14-55)125-73-39-67-77-68(86(114)111(85(67)113)71(43-97(99,100)101)89(117)109-33-29-107(30-34-109)59-37-53(45-105-47-59)91(119)123-51-65-49-121-65)41-75(127-63-25-17-57(18-26-63)95(7,8)9)81-82-76(128-64-27-19-58(20-28-64)96(10,11)12)42-70-78-69(40-74(80(84(78)82)79(73)83(77)81)126-62-23-15-56(16-24-62)94(4,5)6)87(115)112(88(70)116)72(44-98(102,103)104)90(118)110-35-31-108(32-36-110)60-38-54(46-106-48-60)92(120)124-52-66-50-122-66/h13-28,37-42,45-48,65-66,71-72H,29-36,43-44,49-52H2,1-12H3. The van der Waals surface area contributed by atoms with Gasteiger partial charge in [0, 0.05) is 108 Å². The highest BCUT2D eigenvalue weighted by Crippen LogP contribution is 2.59. The third-order valence-electron chi connectivity index (χ3n) is 24.2. The highest BCUT2D eigenvalue weighted by molar-refractivity contribution is 6.45. The van der Waals surface area contributed by atoms with Crippen molar-refractivity contribution in [2.45, 2.75) is 154 Å². The molecule has 4 unspecified atom stereocenters. The Bertz CT molecular complexity index is 5670. The first-order valence-electron chi connectivity index (χ1n) is 42.4. The Balaban J connectivity index is 0.895. The number of imide groups is 2. The van der Waals surface area contributed by atoms with Crippen molar-refractivity contribution < 1.29 is 103 Å². The van der Waals surface area contributed by atoms with Crippen LogP contribution >= 0.6 is 0 Å². The summed E-state index contributed by atoms with van der Waals surface area (Å²) in [5.41, 5.74) is 1.02. The molecule has 6 aliphatic heterocycles. The zero-order valence-corrected chi connectivity index (χ0v) is 72.6. The number of carbonyl (C=O) groups excluding carboxylic acids is 8. The molecule has 6 aliphatic rings. The van der Waals surface area contributed by atoms with Gasteiger partial charge in [0.2, 0.25) is 11.8 Å². The maximum absolute atomic E-state index is 16.6. The number of amides is 6. The van der Waals surface area contributed by atoms with Gasteiger partial charge in [-0.25, -0.2) is 9.59 Å². The van der Waals surface area contributed by atoms with E-state index in [1.807, 2.05) is 132 Å². The molecule has 0 aliphatic carbocycles. The summed E-state index contributed by atoms with van der Waals surface area (Å²) in [7, 11) is 0. The van der Waals surface area contributed by atoms with Crippen molar-refractivity contribution in [3.05, 3.63) is 214 Å². The maximum atomic E-state index is 16.6. The van der Waals surface area contributed by atoms with E-state index in [0.29, 0.717) is 34.4 Å². The zero-order chi connectivity index (χ0) is 90.9. The van der Waals surface area contributed by atoms with Crippen molar-refractivity contribution in [2.75, 3.05) is 88.6 Å². The second-order valence-electron chi connectivity index (χ2n) is 37.4. The third kappa shape index (κ3) is 17.5. The number of carbonyl (C=O) groups is 8. The van der Waals surface area contributed by atoms with Gasteiger partial charge in [0.1, 0.15) is 83.5 Å². The number of fused-ring (bicyclic) bond motifs is 2. The maximum Gasteiger partial charge on any atom is 0.391 e. The molecule has 4 fully saturated rings. The lowest BCUT2D eigenvalue weighted by atomic mass is 9.80. The fraction of sp³-hybridized carbons (Fsp3) is 0.367. The number of esters is 2. The van der Waals surface area contributed by atoms with Crippen molar-refractivity contribution in [3.63, 3.8) is 0 Å². The molecule has 8 heterocycles. The summed E-state index contributed by atoms with van der Waals surface area (Å²) in [5, 5.41) is -0.663. The fourth-order valence-electron chi connectivity index (χ4n) is 17.1. The van der Waals surface area contributed by atoms with Gasteiger partial charge in [-0.1, -0.05) is 132 Å². The number of hydrogen-bond acceptors (Lipinski definition) is 20. The molecule has 664 valence electrons. The summed E-state index contributed by atoms with van der Waals surface area (Å²) in [5.74, 6) is -9.76. The number of ether oxygens (including phenoxy) is 8. The van der Waals surface area contributed by atoms with E-state index < -0.39 is 129 Å². The molecule has 24 nitrogen and oxygen atoms in total. The zero-order valence-electron chi connectivity index (χ0n) is 72.6. The first kappa shape index (κ1) is 87.1. The van der Waals surface area contributed by atoms with Crippen LogP contribution in [0, 0.1) is 0 Å². The Morgan fingerprint density at radius 3 is 0.859 bits per heavy atom. The Morgan fingerprint density at radius 2 is 0.625 bits per heavy atom. The molecule has 6 amide bonds. The molecule has 2 aromatic heterocycles. The monoisotopic (exact) mass is 1750 g/mol. The van der Waals surface area contributed by atoms with Gasteiger partial charge in [0.25, 0.3) is 23.6 Å². The van der Waals surface area contributed by atoms with Crippen LogP contribution in [0.25, 0.3) is 43.1 Å². The van der Waals surface area contributed by atoms with Crippen molar-refractivity contribution >= 4 is 102 Å². The average molecular weight is 1750 g/mol. The molecule has 0 saturated carbocycles. The van der Waals surface area contributed by atoms with Crippen LogP contribution in [-0.4, -0.2) is 192 Å². The first-order valence-corrected chi connectivity index (χ1v) is 42.4. The minimum atomic E-state index is -5.22. The molecule has 4 saturated heterocycles. The summed E-state index contributed by atoms with van der Waals surface area (Å²) in [6, 6.07) is 30.7. The van der Waals surface area contributed by atoms with Gasteiger partial charge in [0.05, 0.1) is 83.2 Å². The summed E-state index contributed by atoms with van der Waals surface area (Å²) in [6.45, 7) is 24.0. The summed E-state index contributed by atoms with van der Waals surface area (Å²) < 4.78 is 145. The number of benzene rings is 9. The molecule has 11 aromatic rings. The number of nitrogens with zero attached hydrogens (tertiary/aromatic N) is 8. The van der Waals surface area contributed by atoms with Crippen LogP contribution in [0.2, 0.25) is 0 Å². The minimum Gasteiger partial charge on any atom is -0.459 e. The van der Waals surface area contributed by atoms with Crippen LogP contribution in [0.1, 0.15) is 180 Å². The predicted molar refractivity (Wildman–Crippen MR) is 465 cm³/mol. The number of anilines is 2. The highest BCUT2D eigenvalue weighted by atomic mass is 19.4. The fourth-order valence-corrected chi connectivity index (χ4v) is 17.1. The summed E-state index contributed by atoms with van der Waals surface area (Å²) in [4.78, 5) is 139. The van der Waals surface area contributed by atoms with Crippen LogP contribution in [0.3, 0.4) is 0 Å². The highest BCUT2D eigenvalue weighted by Gasteiger charge is 2.52. The van der Waals surface area contributed by atoms with E-state index in [1.54, 1.807) is 58.3 Å². The van der Waals surface area contributed by atoms with Crippen molar-refractivity contribution in [1.29, 1.82) is 0 Å². The van der Waals surface area contributed by atoms with E-state index in [4.69, 9.17) is 37.9 Å². The molecular formula is C98H94F6N8O16. The second-order valence-corrected chi connectivity index (χ2v) is 37.4. The molecule has 128 heavy (non-hydrogen) atoms. The lowest BCUT2D eigenvalue weighted by Crippen LogP contribution is -2.59. The third-order valence-corrected chi connectivity index (χ3v) is 24.2. The Hall–Kier alpha value is -13.0. The van der Waals surface area contributed by atoms with E-state index in [0.717, 1.165) is 32.1 Å². The number of aromatic nitrogens is 2. The van der Waals surface area contributed by atoms with Crippen molar-refractivity contribution in [1.82, 2.24) is 29.6 Å². The average Bonchev–Trinajstić information content (AvgIpc) is 0.759. The van der Waals surface area contributed by atoms with E-state index >= 15 is 55.1 Å². The quantitative estimate of drug-likeness (QED) is 0.0152. The SMILES string of the molecule is CC(C)(C)c1ccc(Oc2cc3c4c(cc(Oc5ccc(C(C)(C)C)cc5)c5c6c(Oc7ccc(C(C)(C)C)cc7)cc7c8c(cc(Oc9ccc(C(C)(C)C)cc9)c(c2c45)c86)C(=O)N(C(CC(F)(F)F)C(=O)N2CCN(c4cncc(C(=O)OCC5CO5)c4)CC2)C7=O)C(=O)N(C(CC(F)(F)F)C(=O)N2CCN(c4cncc(C(=O)OCC5CO5)c4)CC2)C3=O)cc1. The predicted octanol–water partition coefficient (Wildman–Crippen LogP) is 18.5. The van der Waals surface area contributed by atoms with Gasteiger partial charge in [-0.3, -0.25) is 48.5 Å². The Labute approximate surface area is 733 Å². The topological polar surface area (TPSA) is 262 Å². The number of rotatable bonds is 22. The lowest BCUT2D eigenvalue weighted by Gasteiger charge is -2.40. The van der Waals surface area contributed by atoms with Crippen LogP contribution < -0.4 is 28.7 Å². The van der Waals surface area contributed by atoms with Crippen LogP contribution in [0.15, 0.2) is 158 Å². The summed E-state index contributed by atoms with van der Waals surface area (Å²) in [6.07, 6.45) is -9.29. The lowest BCUT2D eigenvalue weighted by molar-refractivity contribution is -0.159. The normalized spacial score (nSPS) is 17.4. The molecule has 30 heteroatoms. The largest absolute Gasteiger partial charge is 0.459 e. The molecule has 0 N–H and O–H groups in total. The van der Waals surface area contributed by atoms with E-state index in [-0.39, 0.29) is 178 Å². The van der Waals surface area contributed by atoms with Crippen LogP contribution in [0.4, 0.5) is 37.7 Å². The second kappa shape index (κ2) is 32.7. The van der Waals surface area contributed by atoms with Gasteiger partial charge in [-0.15, -0.1) is 0 Å². The van der Waals surface area contributed by atoms with Crippen LogP contribution in [-0.2, 0) is 50.2 Å². The minimum absolute atomic E-state index is 0.00214. The van der Waals surface area contributed by atoms with Gasteiger partial charge in [0.15, 0.2) is 0 Å². The molecule has 17 rings (SSSR count). The Morgan fingerprint density at radius 1 is 0.367 bits per heavy atom. The molecule has 0 radical (unpaired) electrons. The number of pyridine rings is 2. The Kier molecular flexibility index (Phi) is 22.3. The molecule has 0 bridgehead atoms. The molecule has 4 atom stereocenters. The molecule has 0 spiro atoms. The number of alkyl halides is 6. The summed E-state index contributed by atoms with van der Waals surface area (Å²) >= 11 is 0. The van der Waals surface area contributed by atoms with Gasteiger partial charge in [-0.05, 0) is 129 Å².